The van der Waals surface area contributed by atoms with Crippen molar-refractivity contribution >= 4 is 40.3 Å². The van der Waals surface area contributed by atoms with E-state index in [0.717, 1.165) is 4.90 Å². The molecule has 0 aliphatic heterocycles. The first-order chi connectivity index (χ1) is 8.69. The van der Waals surface area contributed by atoms with E-state index in [1.165, 1.54) is 15.6 Å². The van der Waals surface area contributed by atoms with Gasteiger partial charge in [0.15, 0.2) is 0 Å². The molecular weight excluding hydrogens is 359 g/mol. The van der Waals surface area contributed by atoms with Gasteiger partial charge in [-0.2, -0.15) is 0 Å². The van der Waals surface area contributed by atoms with E-state index in [1.807, 2.05) is 12.1 Å². The standard InChI is InChI=1S/C14H11IO2S/c1-17-14(16)10-2-6-12(7-3-10)18-13-8-4-11(15)5-9-13/h2-9H,1H3. The van der Waals surface area contributed by atoms with Gasteiger partial charge in [-0.15, -0.1) is 0 Å². The van der Waals surface area contributed by atoms with Crippen LogP contribution in [0.15, 0.2) is 58.3 Å². The van der Waals surface area contributed by atoms with Gasteiger partial charge in [-0.3, -0.25) is 0 Å². The SMILES string of the molecule is COC(=O)c1ccc(Sc2ccc(I)cc2)cc1. The molecule has 2 nitrogen and oxygen atoms in total. The van der Waals surface area contributed by atoms with Crippen LogP contribution >= 0.6 is 34.4 Å². The highest BCUT2D eigenvalue weighted by Gasteiger charge is 2.04. The first-order valence-corrected chi connectivity index (χ1v) is 7.20. The van der Waals surface area contributed by atoms with Crippen LogP contribution in [0.4, 0.5) is 0 Å². The topological polar surface area (TPSA) is 26.3 Å². The summed E-state index contributed by atoms with van der Waals surface area (Å²) in [4.78, 5) is 13.6. The van der Waals surface area contributed by atoms with Crippen molar-refractivity contribution in [1.82, 2.24) is 0 Å². The Balaban J connectivity index is 2.10. The van der Waals surface area contributed by atoms with Gasteiger partial charge in [0.2, 0.25) is 0 Å². The largest absolute Gasteiger partial charge is 0.465 e. The Labute approximate surface area is 124 Å². The summed E-state index contributed by atoms with van der Waals surface area (Å²) in [6.07, 6.45) is 0. The summed E-state index contributed by atoms with van der Waals surface area (Å²) < 4.78 is 5.88. The van der Waals surface area contributed by atoms with Crippen molar-refractivity contribution in [2.75, 3.05) is 7.11 Å². The molecule has 0 radical (unpaired) electrons. The fraction of sp³-hybridized carbons (Fsp3) is 0.0714. The van der Waals surface area contributed by atoms with E-state index >= 15 is 0 Å². The van der Waals surface area contributed by atoms with Gasteiger partial charge in [-0.25, -0.2) is 4.79 Å². The summed E-state index contributed by atoms with van der Waals surface area (Å²) in [5.41, 5.74) is 0.574. The molecule has 0 saturated heterocycles. The van der Waals surface area contributed by atoms with Gasteiger partial charge < -0.3 is 4.74 Å². The molecule has 2 aromatic rings. The third-order valence-corrected chi connectivity index (χ3v) is 4.06. The number of benzene rings is 2. The summed E-state index contributed by atoms with van der Waals surface area (Å²) in [6.45, 7) is 0. The molecule has 0 spiro atoms. The van der Waals surface area contributed by atoms with Crippen LogP contribution < -0.4 is 0 Å². The minimum Gasteiger partial charge on any atom is -0.465 e. The molecule has 0 aliphatic rings. The summed E-state index contributed by atoms with van der Waals surface area (Å²) in [6, 6.07) is 15.7. The fourth-order valence-electron chi connectivity index (χ4n) is 1.42. The third-order valence-electron chi connectivity index (χ3n) is 2.32. The Morgan fingerprint density at radius 2 is 1.50 bits per heavy atom. The van der Waals surface area contributed by atoms with E-state index in [1.54, 1.807) is 23.9 Å². The number of carbonyl (C=O) groups is 1. The lowest BCUT2D eigenvalue weighted by Crippen LogP contribution is -2.00. The predicted octanol–water partition coefficient (Wildman–Crippen LogP) is 4.23. The fourth-order valence-corrected chi connectivity index (χ4v) is 2.59. The molecule has 0 bridgehead atoms. The molecule has 0 heterocycles. The maximum absolute atomic E-state index is 11.3. The van der Waals surface area contributed by atoms with Crippen LogP contribution in [0, 0.1) is 3.57 Å². The van der Waals surface area contributed by atoms with Gasteiger partial charge in [0.1, 0.15) is 0 Å². The quantitative estimate of drug-likeness (QED) is 0.598. The molecule has 0 unspecified atom stereocenters. The summed E-state index contributed by atoms with van der Waals surface area (Å²) in [7, 11) is 1.39. The minimum atomic E-state index is -0.305. The second kappa shape index (κ2) is 6.24. The number of methoxy groups -OCH3 is 1. The van der Waals surface area contributed by atoms with Crippen LogP contribution in [-0.4, -0.2) is 13.1 Å². The third kappa shape index (κ3) is 3.49. The monoisotopic (exact) mass is 370 g/mol. The number of halogens is 1. The van der Waals surface area contributed by atoms with Crippen LogP contribution in [0.5, 0.6) is 0 Å². The Morgan fingerprint density at radius 1 is 1.00 bits per heavy atom. The van der Waals surface area contributed by atoms with E-state index in [9.17, 15) is 4.79 Å². The maximum atomic E-state index is 11.3. The Kier molecular flexibility index (Phi) is 4.66. The second-order valence-corrected chi connectivity index (χ2v) is 5.96. The van der Waals surface area contributed by atoms with Crippen LogP contribution in [0.2, 0.25) is 0 Å². The number of hydrogen-bond donors (Lipinski definition) is 0. The molecule has 0 atom stereocenters. The lowest BCUT2D eigenvalue weighted by molar-refractivity contribution is 0.0600. The highest BCUT2D eigenvalue weighted by molar-refractivity contribution is 14.1. The minimum absolute atomic E-state index is 0.305. The van der Waals surface area contributed by atoms with Crippen molar-refractivity contribution in [2.45, 2.75) is 9.79 Å². The molecule has 2 aromatic carbocycles. The lowest BCUT2D eigenvalue weighted by Gasteiger charge is -2.03. The Hall–Kier alpha value is -1.01. The highest BCUT2D eigenvalue weighted by Crippen LogP contribution is 2.28. The van der Waals surface area contributed by atoms with Crippen molar-refractivity contribution in [3.05, 3.63) is 57.7 Å². The first kappa shape index (κ1) is 13.4. The van der Waals surface area contributed by atoms with Crippen LogP contribution in [0.1, 0.15) is 10.4 Å². The van der Waals surface area contributed by atoms with Crippen molar-refractivity contribution in [3.8, 4) is 0 Å². The van der Waals surface area contributed by atoms with Crippen molar-refractivity contribution < 1.29 is 9.53 Å². The molecule has 18 heavy (non-hydrogen) atoms. The molecule has 0 saturated carbocycles. The number of hydrogen-bond acceptors (Lipinski definition) is 3. The average molecular weight is 370 g/mol. The summed E-state index contributed by atoms with van der Waals surface area (Å²) in [5, 5.41) is 0. The van der Waals surface area contributed by atoms with Gasteiger partial charge >= 0.3 is 5.97 Å². The number of esters is 1. The van der Waals surface area contributed by atoms with Crippen molar-refractivity contribution in [2.24, 2.45) is 0 Å². The highest BCUT2D eigenvalue weighted by atomic mass is 127. The maximum Gasteiger partial charge on any atom is 0.337 e. The van der Waals surface area contributed by atoms with Crippen molar-refractivity contribution in [1.29, 1.82) is 0 Å². The molecule has 92 valence electrons. The predicted molar refractivity (Wildman–Crippen MR) is 81.1 cm³/mol. The molecule has 0 N–H and O–H groups in total. The van der Waals surface area contributed by atoms with E-state index < -0.39 is 0 Å². The van der Waals surface area contributed by atoms with Gasteiger partial charge in [0.05, 0.1) is 12.7 Å². The van der Waals surface area contributed by atoms with E-state index in [2.05, 4.69) is 51.6 Å². The summed E-state index contributed by atoms with van der Waals surface area (Å²) >= 11 is 3.95. The zero-order chi connectivity index (χ0) is 13.0. The number of carbonyl (C=O) groups excluding carboxylic acids is 1. The van der Waals surface area contributed by atoms with Crippen LogP contribution in [-0.2, 0) is 4.74 Å². The first-order valence-electron chi connectivity index (χ1n) is 5.31. The normalized spacial score (nSPS) is 10.1. The van der Waals surface area contributed by atoms with E-state index in [4.69, 9.17) is 0 Å². The zero-order valence-electron chi connectivity index (χ0n) is 9.72. The average Bonchev–Trinajstić information content (AvgIpc) is 2.41. The summed E-state index contributed by atoms with van der Waals surface area (Å²) in [5.74, 6) is -0.305. The van der Waals surface area contributed by atoms with Gasteiger partial charge in [0.25, 0.3) is 0 Å². The van der Waals surface area contributed by atoms with Crippen LogP contribution in [0.3, 0.4) is 0 Å². The van der Waals surface area contributed by atoms with Gasteiger partial charge in [-0.05, 0) is 71.1 Å². The molecule has 0 aromatic heterocycles. The van der Waals surface area contributed by atoms with Crippen LogP contribution in [0.25, 0.3) is 0 Å². The van der Waals surface area contributed by atoms with E-state index in [-0.39, 0.29) is 5.97 Å². The van der Waals surface area contributed by atoms with Gasteiger partial charge in [0, 0.05) is 13.4 Å². The molecule has 0 amide bonds. The number of ether oxygens (including phenoxy) is 1. The molecule has 2 rings (SSSR count). The Morgan fingerprint density at radius 3 is 2.00 bits per heavy atom. The lowest BCUT2D eigenvalue weighted by atomic mass is 10.2. The zero-order valence-corrected chi connectivity index (χ0v) is 12.7. The number of rotatable bonds is 3. The van der Waals surface area contributed by atoms with Gasteiger partial charge in [-0.1, -0.05) is 11.8 Å². The Bertz CT molecular complexity index is 535. The molecule has 0 aliphatic carbocycles. The second-order valence-electron chi connectivity index (χ2n) is 3.57. The molecular formula is C14H11IO2S. The molecule has 0 fully saturated rings. The van der Waals surface area contributed by atoms with E-state index in [0.29, 0.717) is 5.56 Å². The van der Waals surface area contributed by atoms with Crippen molar-refractivity contribution in [3.63, 3.8) is 0 Å². The smallest absolute Gasteiger partial charge is 0.337 e. The molecule has 4 heteroatoms.